The van der Waals surface area contributed by atoms with Crippen LogP contribution in [0.4, 0.5) is 16.3 Å². The number of pyridine rings is 1. The molecule has 22 heavy (non-hydrogen) atoms. The second-order valence-corrected chi connectivity index (χ2v) is 5.70. The van der Waals surface area contributed by atoms with E-state index in [2.05, 4.69) is 30.1 Å². The molecule has 0 radical (unpaired) electrons. The van der Waals surface area contributed by atoms with Gasteiger partial charge in [0.1, 0.15) is 0 Å². The average Bonchev–Trinajstić information content (AvgIpc) is 2.80. The fourth-order valence-corrected chi connectivity index (χ4v) is 2.10. The summed E-state index contributed by atoms with van der Waals surface area (Å²) in [6, 6.07) is 2.96. The smallest absolute Gasteiger partial charge is 0.410 e. The van der Waals surface area contributed by atoms with Crippen molar-refractivity contribution in [1.29, 1.82) is 0 Å². The highest BCUT2D eigenvalue weighted by molar-refractivity contribution is 7.90. The molecule has 1 amide bonds. The van der Waals surface area contributed by atoms with Crippen LogP contribution in [0, 0.1) is 0 Å². The lowest BCUT2D eigenvalue weighted by molar-refractivity contribution is 0.209. The Morgan fingerprint density at radius 1 is 1.36 bits per heavy atom. The topological polar surface area (TPSA) is 151 Å². The number of carbonyl (C=O) groups is 1. The minimum absolute atomic E-state index is 0.156. The average molecular weight is 327 g/mol. The van der Waals surface area contributed by atoms with E-state index in [1.54, 1.807) is 0 Å². The highest BCUT2D eigenvalue weighted by atomic mass is 32.2. The van der Waals surface area contributed by atoms with Crippen molar-refractivity contribution >= 4 is 27.8 Å². The molecule has 0 atom stereocenters. The summed E-state index contributed by atoms with van der Waals surface area (Å²) in [5.41, 5.74) is 0.812. The van der Waals surface area contributed by atoms with Crippen LogP contribution >= 0.6 is 0 Å². The van der Waals surface area contributed by atoms with E-state index >= 15 is 0 Å². The van der Waals surface area contributed by atoms with Gasteiger partial charge in [0.25, 0.3) is 10.2 Å². The third kappa shape index (κ3) is 3.48. The summed E-state index contributed by atoms with van der Waals surface area (Å²) in [6.45, 7) is 0. The summed E-state index contributed by atoms with van der Waals surface area (Å²) in [6.07, 6.45) is 0.0220. The molecule has 0 fully saturated rings. The van der Waals surface area contributed by atoms with Crippen molar-refractivity contribution in [3.05, 3.63) is 18.3 Å². The van der Waals surface area contributed by atoms with Gasteiger partial charge >= 0.3 is 6.09 Å². The van der Waals surface area contributed by atoms with Gasteiger partial charge in [0.15, 0.2) is 11.5 Å². The van der Waals surface area contributed by atoms with Gasteiger partial charge in [-0.1, -0.05) is 5.21 Å². The Morgan fingerprint density at radius 3 is 2.64 bits per heavy atom. The first-order valence-corrected chi connectivity index (χ1v) is 7.38. The standard InChI is InChI=1S/C10H13N7O4S/c1-11-22(20,21)15-6-3-4-7(12-5-6)8-9(13-10(18)19)17(2)16-14-8/h3-5,11,13,15H,1-2H3,(H,18,19). The van der Waals surface area contributed by atoms with Crippen molar-refractivity contribution in [2.75, 3.05) is 17.1 Å². The van der Waals surface area contributed by atoms with Gasteiger partial charge in [0.05, 0.1) is 17.6 Å². The zero-order valence-electron chi connectivity index (χ0n) is 11.6. The van der Waals surface area contributed by atoms with Crippen LogP contribution in [0.5, 0.6) is 0 Å². The van der Waals surface area contributed by atoms with E-state index in [0.717, 1.165) is 0 Å². The number of aryl methyl sites for hydroxylation is 1. The number of carboxylic acid groups (broad SMARTS) is 1. The molecular formula is C10H13N7O4S. The van der Waals surface area contributed by atoms with Crippen molar-refractivity contribution in [3.63, 3.8) is 0 Å². The lowest BCUT2D eigenvalue weighted by Gasteiger charge is -2.07. The minimum atomic E-state index is -3.63. The molecule has 0 saturated heterocycles. The summed E-state index contributed by atoms with van der Waals surface area (Å²) in [4.78, 5) is 14.8. The predicted molar refractivity (Wildman–Crippen MR) is 77.5 cm³/mol. The largest absolute Gasteiger partial charge is 0.465 e. The van der Waals surface area contributed by atoms with Crippen LogP contribution in [0.15, 0.2) is 18.3 Å². The Hall–Kier alpha value is -2.73. The lowest BCUT2D eigenvalue weighted by atomic mass is 10.2. The summed E-state index contributed by atoms with van der Waals surface area (Å²) < 4.78 is 28.3. The molecule has 4 N–H and O–H groups in total. The molecule has 0 aliphatic heterocycles. The van der Waals surface area contributed by atoms with Crippen molar-refractivity contribution in [3.8, 4) is 11.4 Å². The molecule has 0 unspecified atom stereocenters. The molecule has 0 spiro atoms. The Labute approximate surface area is 125 Å². The molecule has 118 valence electrons. The van der Waals surface area contributed by atoms with Gasteiger partial charge in [-0.25, -0.2) is 14.2 Å². The molecule has 0 aliphatic rings. The van der Waals surface area contributed by atoms with Crippen LogP contribution in [0.1, 0.15) is 0 Å². The number of hydrogen-bond acceptors (Lipinski definition) is 6. The monoisotopic (exact) mass is 327 g/mol. The van der Waals surface area contributed by atoms with Gasteiger partial charge in [-0.15, -0.1) is 5.10 Å². The van der Waals surface area contributed by atoms with E-state index in [1.807, 2.05) is 0 Å². The third-order valence-electron chi connectivity index (χ3n) is 2.58. The Kier molecular flexibility index (Phi) is 4.23. The van der Waals surface area contributed by atoms with Gasteiger partial charge in [-0.05, 0) is 12.1 Å². The maximum absolute atomic E-state index is 11.4. The molecule has 11 nitrogen and oxygen atoms in total. The highest BCUT2D eigenvalue weighted by Crippen LogP contribution is 2.24. The molecule has 12 heteroatoms. The van der Waals surface area contributed by atoms with Crippen LogP contribution in [-0.2, 0) is 17.3 Å². The van der Waals surface area contributed by atoms with Crippen LogP contribution in [0.25, 0.3) is 11.4 Å². The number of nitrogens with zero attached hydrogens (tertiary/aromatic N) is 4. The first kappa shape index (κ1) is 15.7. The van der Waals surface area contributed by atoms with Crippen LogP contribution in [0.2, 0.25) is 0 Å². The van der Waals surface area contributed by atoms with Gasteiger partial charge in [-0.2, -0.15) is 8.42 Å². The van der Waals surface area contributed by atoms with Crippen LogP contribution < -0.4 is 14.8 Å². The third-order valence-corrected chi connectivity index (χ3v) is 3.62. The summed E-state index contributed by atoms with van der Waals surface area (Å²) in [5, 5.41) is 18.5. The van der Waals surface area contributed by atoms with Gasteiger partial charge in [-0.3, -0.25) is 15.0 Å². The maximum atomic E-state index is 11.4. The number of rotatable bonds is 5. The van der Waals surface area contributed by atoms with Gasteiger partial charge in [0, 0.05) is 14.1 Å². The van der Waals surface area contributed by atoms with E-state index in [1.165, 1.54) is 37.1 Å². The van der Waals surface area contributed by atoms with E-state index in [4.69, 9.17) is 5.11 Å². The van der Waals surface area contributed by atoms with Crippen LogP contribution in [-0.4, -0.2) is 46.6 Å². The number of hydrogen-bond donors (Lipinski definition) is 4. The number of aromatic nitrogens is 4. The molecular weight excluding hydrogens is 314 g/mol. The van der Waals surface area contributed by atoms with Gasteiger partial charge < -0.3 is 5.11 Å². The summed E-state index contributed by atoms with van der Waals surface area (Å²) in [7, 11) is -0.836. The van der Waals surface area contributed by atoms with Gasteiger partial charge in [0.2, 0.25) is 0 Å². The lowest BCUT2D eigenvalue weighted by Crippen LogP contribution is -2.26. The van der Waals surface area contributed by atoms with E-state index < -0.39 is 16.3 Å². The van der Waals surface area contributed by atoms with Crippen molar-refractivity contribution in [2.45, 2.75) is 0 Å². The predicted octanol–water partition coefficient (Wildman–Crippen LogP) is -0.157. The van der Waals surface area contributed by atoms with E-state index in [0.29, 0.717) is 5.69 Å². The Balaban J connectivity index is 2.30. The van der Waals surface area contributed by atoms with Crippen molar-refractivity contribution in [1.82, 2.24) is 24.7 Å². The number of amides is 1. The van der Waals surface area contributed by atoms with Crippen molar-refractivity contribution < 1.29 is 18.3 Å². The Bertz CT molecular complexity index is 784. The second-order valence-electron chi connectivity index (χ2n) is 4.08. The number of anilines is 2. The molecule has 0 saturated carbocycles. The molecule has 2 aromatic rings. The fourth-order valence-electron chi connectivity index (χ4n) is 1.57. The van der Waals surface area contributed by atoms with Crippen molar-refractivity contribution in [2.24, 2.45) is 7.05 Å². The number of nitrogens with one attached hydrogen (secondary N) is 3. The zero-order valence-corrected chi connectivity index (χ0v) is 12.4. The first-order chi connectivity index (χ1) is 10.3. The van der Waals surface area contributed by atoms with E-state index in [-0.39, 0.29) is 17.2 Å². The Morgan fingerprint density at radius 2 is 2.09 bits per heavy atom. The first-order valence-electron chi connectivity index (χ1n) is 5.89. The van der Waals surface area contributed by atoms with E-state index in [9.17, 15) is 13.2 Å². The minimum Gasteiger partial charge on any atom is -0.465 e. The second kappa shape index (κ2) is 5.95. The summed E-state index contributed by atoms with van der Waals surface area (Å²) >= 11 is 0. The quantitative estimate of drug-likeness (QED) is 0.595. The SMILES string of the molecule is CNS(=O)(=O)Nc1ccc(-c2nnn(C)c2NC(=O)O)nc1. The molecule has 2 heterocycles. The molecule has 2 aromatic heterocycles. The maximum Gasteiger partial charge on any atom is 0.410 e. The summed E-state index contributed by atoms with van der Waals surface area (Å²) in [5.74, 6) is 0.156. The zero-order chi connectivity index (χ0) is 16.3. The molecule has 0 bridgehead atoms. The molecule has 0 aromatic carbocycles. The fraction of sp³-hybridized carbons (Fsp3) is 0.200. The molecule has 2 rings (SSSR count). The molecule has 0 aliphatic carbocycles. The van der Waals surface area contributed by atoms with Crippen LogP contribution in [0.3, 0.4) is 0 Å². The highest BCUT2D eigenvalue weighted by Gasteiger charge is 2.16. The normalized spacial score (nSPS) is 11.2.